The van der Waals surface area contributed by atoms with Crippen LogP contribution in [0.15, 0.2) is 23.1 Å². The van der Waals surface area contributed by atoms with E-state index in [0.29, 0.717) is 4.99 Å². The minimum Gasteiger partial charge on any atom is -0.389 e. The lowest BCUT2D eigenvalue weighted by molar-refractivity contribution is 0.179. The molecule has 1 aromatic rings. The summed E-state index contributed by atoms with van der Waals surface area (Å²) >= 11 is 6.85. The molecule has 1 fully saturated rings. The highest BCUT2D eigenvalue weighted by molar-refractivity contribution is 7.98. The molecule has 1 saturated heterocycles. The van der Waals surface area contributed by atoms with Crippen molar-refractivity contribution in [3.8, 4) is 0 Å². The number of rotatable bonds is 4. The third-order valence-electron chi connectivity index (χ3n) is 3.27. The molecule has 1 heterocycles. The van der Waals surface area contributed by atoms with E-state index in [-0.39, 0.29) is 0 Å². The molecule has 0 radical (unpaired) electrons. The number of thioether (sulfide) groups is 1. The van der Waals surface area contributed by atoms with Crippen LogP contribution in [0.2, 0.25) is 0 Å². The van der Waals surface area contributed by atoms with Gasteiger partial charge in [0.1, 0.15) is 4.99 Å². The van der Waals surface area contributed by atoms with E-state index in [4.69, 9.17) is 18.0 Å². The first-order valence-electron chi connectivity index (χ1n) is 6.28. The molecule has 6 heteroatoms. The molecule has 0 unspecified atom stereocenters. The lowest BCUT2D eigenvalue weighted by atomic mass is 10.2. The zero-order valence-corrected chi connectivity index (χ0v) is 13.0. The Balaban J connectivity index is 2.17. The Kier molecular flexibility index (Phi) is 5.04. The van der Waals surface area contributed by atoms with Crippen LogP contribution in [0, 0.1) is 0 Å². The summed E-state index contributed by atoms with van der Waals surface area (Å²) in [6.45, 7) is 4.13. The molecule has 0 saturated carbocycles. The van der Waals surface area contributed by atoms with E-state index in [1.165, 1.54) is 0 Å². The van der Waals surface area contributed by atoms with Crippen LogP contribution in [0.4, 0.5) is 5.69 Å². The van der Waals surface area contributed by atoms with E-state index in [0.717, 1.165) is 42.3 Å². The van der Waals surface area contributed by atoms with Crippen molar-refractivity contribution in [2.24, 2.45) is 5.73 Å². The molecule has 3 N–H and O–H groups in total. The van der Waals surface area contributed by atoms with E-state index in [1.807, 2.05) is 24.5 Å². The van der Waals surface area contributed by atoms with Crippen LogP contribution in [0.25, 0.3) is 0 Å². The van der Waals surface area contributed by atoms with E-state index < -0.39 is 0 Å². The third-order valence-corrected chi connectivity index (χ3v) is 4.26. The lowest BCUT2D eigenvalue weighted by Gasteiger charge is -2.33. The summed E-state index contributed by atoms with van der Waals surface area (Å²) in [6.07, 6.45) is 2.04. The highest BCUT2D eigenvalue weighted by Gasteiger charge is 2.16. The third kappa shape index (κ3) is 3.60. The fourth-order valence-electron chi connectivity index (χ4n) is 2.14. The molecule has 19 heavy (non-hydrogen) atoms. The number of nitrogens with zero attached hydrogens (tertiary/aromatic N) is 2. The number of hydrazine groups is 1. The summed E-state index contributed by atoms with van der Waals surface area (Å²) in [7, 11) is 2.14. The van der Waals surface area contributed by atoms with Gasteiger partial charge in [-0.05, 0) is 25.4 Å². The van der Waals surface area contributed by atoms with Crippen LogP contribution in [0.5, 0.6) is 0 Å². The number of anilines is 1. The van der Waals surface area contributed by atoms with Gasteiger partial charge in [-0.25, -0.2) is 5.01 Å². The molecule has 0 spiro atoms. The van der Waals surface area contributed by atoms with Gasteiger partial charge in [0.15, 0.2) is 0 Å². The van der Waals surface area contributed by atoms with Crippen molar-refractivity contribution in [1.29, 1.82) is 0 Å². The first-order chi connectivity index (χ1) is 9.11. The van der Waals surface area contributed by atoms with Gasteiger partial charge >= 0.3 is 0 Å². The van der Waals surface area contributed by atoms with Gasteiger partial charge in [-0.15, -0.1) is 11.8 Å². The topological polar surface area (TPSA) is 44.5 Å². The SMILES string of the molecule is CSc1cccc(NN2CCN(C)CC2)c1C(N)=S. The van der Waals surface area contributed by atoms with Gasteiger partial charge in [0, 0.05) is 36.6 Å². The fraction of sp³-hybridized carbons (Fsp3) is 0.462. The summed E-state index contributed by atoms with van der Waals surface area (Å²) in [6, 6.07) is 6.12. The number of hydrogen-bond donors (Lipinski definition) is 2. The molecule has 0 atom stereocenters. The van der Waals surface area contributed by atoms with Gasteiger partial charge in [0.2, 0.25) is 0 Å². The Morgan fingerprint density at radius 1 is 1.32 bits per heavy atom. The Morgan fingerprint density at radius 3 is 2.58 bits per heavy atom. The summed E-state index contributed by atoms with van der Waals surface area (Å²) < 4.78 is 0. The van der Waals surface area contributed by atoms with Crippen molar-refractivity contribution in [1.82, 2.24) is 9.91 Å². The molecule has 0 bridgehead atoms. The van der Waals surface area contributed by atoms with Gasteiger partial charge in [-0.2, -0.15) is 0 Å². The van der Waals surface area contributed by atoms with Crippen LogP contribution < -0.4 is 11.2 Å². The van der Waals surface area contributed by atoms with Gasteiger partial charge in [-0.3, -0.25) is 0 Å². The molecular weight excluding hydrogens is 276 g/mol. The van der Waals surface area contributed by atoms with Crippen molar-refractivity contribution in [2.45, 2.75) is 4.90 Å². The molecule has 0 aromatic heterocycles. The number of nitrogens with one attached hydrogen (secondary N) is 1. The predicted octanol–water partition coefficient (Wildman–Crippen LogP) is 1.62. The van der Waals surface area contributed by atoms with Gasteiger partial charge < -0.3 is 16.1 Å². The smallest absolute Gasteiger partial charge is 0.107 e. The van der Waals surface area contributed by atoms with Gasteiger partial charge in [0.25, 0.3) is 0 Å². The van der Waals surface area contributed by atoms with Crippen LogP contribution in [0.3, 0.4) is 0 Å². The molecule has 1 aliphatic heterocycles. The maximum absolute atomic E-state index is 5.87. The zero-order chi connectivity index (χ0) is 13.8. The average molecular weight is 296 g/mol. The zero-order valence-electron chi connectivity index (χ0n) is 11.3. The second-order valence-electron chi connectivity index (χ2n) is 4.65. The quantitative estimate of drug-likeness (QED) is 0.650. The molecule has 0 aliphatic carbocycles. The van der Waals surface area contributed by atoms with Crippen LogP contribution >= 0.6 is 24.0 Å². The van der Waals surface area contributed by atoms with Gasteiger partial charge in [0.05, 0.1) is 5.69 Å². The minimum absolute atomic E-state index is 0.446. The molecule has 2 rings (SSSR count). The molecule has 104 valence electrons. The second-order valence-corrected chi connectivity index (χ2v) is 5.94. The molecule has 1 aromatic carbocycles. The van der Waals surface area contributed by atoms with Crippen LogP contribution in [-0.2, 0) is 0 Å². The Labute approximate surface area is 124 Å². The van der Waals surface area contributed by atoms with E-state index in [9.17, 15) is 0 Å². The van der Waals surface area contributed by atoms with Gasteiger partial charge in [-0.1, -0.05) is 18.3 Å². The standard InChI is InChI=1S/C13H20N4S2/c1-16-6-8-17(9-7-16)15-10-4-3-5-11(19-2)12(10)13(14)18/h3-5,15H,6-9H2,1-2H3,(H2,14,18). The van der Waals surface area contributed by atoms with Crippen molar-refractivity contribution in [2.75, 3.05) is 44.9 Å². The normalized spacial score (nSPS) is 17.4. The Bertz CT molecular complexity index is 456. The van der Waals surface area contributed by atoms with E-state index in [1.54, 1.807) is 11.8 Å². The molecule has 4 nitrogen and oxygen atoms in total. The highest BCUT2D eigenvalue weighted by atomic mass is 32.2. The number of nitrogens with two attached hydrogens (primary N) is 1. The minimum atomic E-state index is 0.446. The monoisotopic (exact) mass is 296 g/mol. The molecule has 0 amide bonds. The summed E-state index contributed by atoms with van der Waals surface area (Å²) in [5.74, 6) is 0. The maximum atomic E-state index is 5.87. The maximum Gasteiger partial charge on any atom is 0.107 e. The van der Waals surface area contributed by atoms with Crippen molar-refractivity contribution >= 4 is 34.7 Å². The van der Waals surface area contributed by atoms with Crippen molar-refractivity contribution < 1.29 is 0 Å². The number of piperazine rings is 1. The summed E-state index contributed by atoms with van der Waals surface area (Å²) in [5, 5.41) is 2.22. The van der Waals surface area contributed by atoms with Crippen molar-refractivity contribution in [3.05, 3.63) is 23.8 Å². The number of benzene rings is 1. The molecule has 1 aliphatic rings. The van der Waals surface area contributed by atoms with E-state index in [2.05, 4.69) is 22.4 Å². The fourth-order valence-corrected chi connectivity index (χ4v) is 3.06. The Hall–Kier alpha value is -0.820. The van der Waals surface area contributed by atoms with E-state index >= 15 is 0 Å². The largest absolute Gasteiger partial charge is 0.389 e. The van der Waals surface area contributed by atoms with Crippen LogP contribution in [0.1, 0.15) is 5.56 Å². The Morgan fingerprint density at radius 2 is 2.00 bits per heavy atom. The lowest BCUT2D eigenvalue weighted by Crippen LogP contribution is -2.47. The molecular formula is C13H20N4S2. The van der Waals surface area contributed by atoms with Crippen LogP contribution in [-0.4, -0.2) is 54.4 Å². The number of likely N-dealkylation sites (N-methyl/N-ethyl adjacent to an activating group) is 1. The first kappa shape index (κ1) is 14.6. The number of hydrogen-bond acceptors (Lipinski definition) is 5. The van der Waals surface area contributed by atoms with Crippen molar-refractivity contribution in [3.63, 3.8) is 0 Å². The second kappa shape index (κ2) is 6.56. The predicted molar refractivity (Wildman–Crippen MR) is 86.8 cm³/mol. The first-order valence-corrected chi connectivity index (χ1v) is 7.92. The summed E-state index contributed by atoms with van der Waals surface area (Å²) in [4.78, 5) is 3.89. The highest BCUT2D eigenvalue weighted by Crippen LogP contribution is 2.27. The number of thiocarbonyl (C=S) groups is 1. The summed E-state index contributed by atoms with van der Waals surface area (Å²) in [5.41, 5.74) is 11.3. The average Bonchev–Trinajstić information content (AvgIpc) is 2.40.